The van der Waals surface area contributed by atoms with Crippen molar-refractivity contribution < 1.29 is 14.4 Å². The van der Waals surface area contributed by atoms with Gasteiger partial charge in [-0.3, -0.25) is 30.2 Å². The highest BCUT2D eigenvalue weighted by Gasteiger charge is 2.26. The van der Waals surface area contributed by atoms with Crippen LogP contribution in [0.4, 0.5) is 0 Å². The number of hydrazine groups is 1. The summed E-state index contributed by atoms with van der Waals surface area (Å²) >= 11 is 0. The standard InChI is InChI=1S/C17H18N4O3/c1-9-3-6-14-11(7-9)8-13(10(2)18-14)15(22)20-21-17(24)16(23)19-12-4-5-12/h3,6-8,12H,4-5H2,1-2H3,(H,19,23)(H,20,22)(H,21,24). The largest absolute Gasteiger partial charge is 0.345 e. The van der Waals surface area contributed by atoms with Crippen LogP contribution in [-0.4, -0.2) is 28.7 Å². The van der Waals surface area contributed by atoms with Crippen LogP contribution in [0.25, 0.3) is 10.9 Å². The third kappa shape index (κ3) is 3.51. The summed E-state index contributed by atoms with van der Waals surface area (Å²) in [6, 6.07) is 7.57. The molecule has 3 rings (SSSR count). The number of carbonyl (C=O) groups excluding carboxylic acids is 3. The molecule has 0 unspecified atom stereocenters. The van der Waals surface area contributed by atoms with Gasteiger partial charge >= 0.3 is 11.8 Å². The molecular weight excluding hydrogens is 308 g/mol. The quantitative estimate of drug-likeness (QED) is 0.564. The van der Waals surface area contributed by atoms with Crippen molar-refractivity contribution in [2.24, 2.45) is 0 Å². The van der Waals surface area contributed by atoms with Gasteiger partial charge in [0, 0.05) is 11.4 Å². The van der Waals surface area contributed by atoms with E-state index in [1.807, 2.05) is 25.1 Å². The second-order valence-corrected chi connectivity index (χ2v) is 5.97. The molecular formula is C17H18N4O3. The molecule has 0 radical (unpaired) electrons. The van der Waals surface area contributed by atoms with Crippen LogP contribution in [-0.2, 0) is 9.59 Å². The maximum absolute atomic E-state index is 12.3. The number of aryl methyl sites for hydroxylation is 2. The Morgan fingerprint density at radius 1 is 1.04 bits per heavy atom. The molecule has 7 heteroatoms. The Bertz CT molecular complexity index is 843. The highest BCUT2D eigenvalue weighted by Crippen LogP contribution is 2.19. The number of amides is 3. The zero-order chi connectivity index (χ0) is 17.3. The summed E-state index contributed by atoms with van der Waals surface area (Å²) in [7, 11) is 0. The average Bonchev–Trinajstić information content (AvgIpc) is 3.35. The Balaban J connectivity index is 1.69. The van der Waals surface area contributed by atoms with Crippen LogP contribution in [0.3, 0.4) is 0 Å². The summed E-state index contributed by atoms with van der Waals surface area (Å²) in [4.78, 5) is 39.8. The number of fused-ring (bicyclic) bond motifs is 1. The average molecular weight is 326 g/mol. The Hall–Kier alpha value is -2.96. The van der Waals surface area contributed by atoms with Crippen molar-refractivity contribution in [1.82, 2.24) is 21.2 Å². The summed E-state index contributed by atoms with van der Waals surface area (Å²) in [6.45, 7) is 3.67. The van der Waals surface area contributed by atoms with Crippen molar-refractivity contribution in [3.05, 3.63) is 41.1 Å². The summed E-state index contributed by atoms with van der Waals surface area (Å²) < 4.78 is 0. The molecule has 1 heterocycles. The molecule has 1 aliphatic rings. The van der Waals surface area contributed by atoms with Crippen molar-refractivity contribution in [1.29, 1.82) is 0 Å². The molecule has 0 aliphatic heterocycles. The number of benzene rings is 1. The van der Waals surface area contributed by atoms with Crippen LogP contribution in [0.1, 0.15) is 34.5 Å². The van der Waals surface area contributed by atoms with Gasteiger partial charge in [-0.05, 0) is 44.9 Å². The van der Waals surface area contributed by atoms with Gasteiger partial charge in [0.15, 0.2) is 0 Å². The predicted molar refractivity (Wildman–Crippen MR) is 88.0 cm³/mol. The number of aromatic nitrogens is 1. The van der Waals surface area contributed by atoms with Crippen LogP contribution in [0.5, 0.6) is 0 Å². The highest BCUT2D eigenvalue weighted by atomic mass is 16.2. The number of hydrogen-bond acceptors (Lipinski definition) is 4. The van der Waals surface area contributed by atoms with Crippen molar-refractivity contribution in [3.8, 4) is 0 Å². The van der Waals surface area contributed by atoms with E-state index in [2.05, 4.69) is 21.2 Å². The van der Waals surface area contributed by atoms with Crippen LogP contribution in [0, 0.1) is 13.8 Å². The lowest BCUT2D eigenvalue weighted by atomic mass is 10.1. The Morgan fingerprint density at radius 3 is 2.50 bits per heavy atom. The lowest BCUT2D eigenvalue weighted by Crippen LogP contribution is -2.49. The first-order chi connectivity index (χ1) is 11.4. The highest BCUT2D eigenvalue weighted by molar-refractivity contribution is 6.35. The minimum Gasteiger partial charge on any atom is -0.345 e. The van der Waals surface area contributed by atoms with Gasteiger partial charge in [-0.2, -0.15) is 0 Å². The molecule has 1 aromatic carbocycles. The maximum atomic E-state index is 12.3. The van der Waals surface area contributed by atoms with Gasteiger partial charge in [-0.15, -0.1) is 0 Å². The van der Waals surface area contributed by atoms with E-state index in [0.717, 1.165) is 29.3 Å². The monoisotopic (exact) mass is 326 g/mol. The molecule has 0 saturated heterocycles. The Kier molecular flexibility index (Phi) is 4.16. The molecule has 1 aromatic heterocycles. The number of nitrogens with zero attached hydrogens (tertiary/aromatic N) is 1. The number of carbonyl (C=O) groups is 3. The van der Waals surface area contributed by atoms with Gasteiger partial charge in [0.1, 0.15) is 0 Å². The molecule has 0 atom stereocenters. The molecule has 1 saturated carbocycles. The van der Waals surface area contributed by atoms with Crippen LogP contribution in [0.15, 0.2) is 24.3 Å². The Labute approximate surface area is 138 Å². The molecule has 7 nitrogen and oxygen atoms in total. The lowest BCUT2D eigenvalue weighted by Gasteiger charge is -2.10. The van der Waals surface area contributed by atoms with Gasteiger partial charge in [-0.1, -0.05) is 11.6 Å². The third-order valence-electron chi connectivity index (χ3n) is 3.81. The minimum absolute atomic E-state index is 0.0779. The van der Waals surface area contributed by atoms with Crippen molar-refractivity contribution in [3.63, 3.8) is 0 Å². The smallest absolute Gasteiger partial charge is 0.327 e. The van der Waals surface area contributed by atoms with Gasteiger partial charge in [-0.25, -0.2) is 0 Å². The first-order valence-corrected chi connectivity index (χ1v) is 7.73. The van der Waals surface area contributed by atoms with Crippen LogP contribution in [0.2, 0.25) is 0 Å². The predicted octanol–water partition coefficient (Wildman–Crippen LogP) is 0.891. The number of hydrogen-bond donors (Lipinski definition) is 3. The second-order valence-electron chi connectivity index (χ2n) is 5.97. The Morgan fingerprint density at radius 2 is 1.79 bits per heavy atom. The summed E-state index contributed by atoms with van der Waals surface area (Å²) in [6.07, 6.45) is 1.76. The fourth-order valence-corrected chi connectivity index (χ4v) is 2.34. The molecule has 2 aromatic rings. The number of rotatable bonds is 2. The number of pyridine rings is 1. The maximum Gasteiger partial charge on any atom is 0.327 e. The molecule has 0 bridgehead atoms. The van der Waals surface area contributed by atoms with Crippen molar-refractivity contribution >= 4 is 28.6 Å². The molecule has 3 amide bonds. The van der Waals surface area contributed by atoms with Gasteiger partial charge in [0.2, 0.25) is 0 Å². The van der Waals surface area contributed by atoms with E-state index in [1.165, 1.54) is 0 Å². The van der Waals surface area contributed by atoms with E-state index >= 15 is 0 Å². The first-order valence-electron chi connectivity index (χ1n) is 7.73. The van der Waals surface area contributed by atoms with Crippen LogP contribution < -0.4 is 16.2 Å². The molecule has 1 fully saturated rings. The SMILES string of the molecule is Cc1ccc2nc(C)c(C(=O)NNC(=O)C(=O)NC3CC3)cc2c1. The van der Waals surface area contributed by atoms with E-state index in [1.54, 1.807) is 13.0 Å². The lowest BCUT2D eigenvalue weighted by molar-refractivity contribution is -0.139. The second kappa shape index (κ2) is 6.27. The molecule has 1 aliphatic carbocycles. The van der Waals surface area contributed by atoms with Gasteiger partial charge in [0.25, 0.3) is 5.91 Å². The van der Waals surface area contributed by atoms with E-state index in [0.29, 0.717) is 11.3 Å². The van der Waals surface area contributed by atoms with Gasteiger partial charge < -0.3 is 5.32 Å². The first kappa shape index (κ1) is 15.9. The fraction of sp³-hybridized carbons (Fsp3) is 0.294. The topological polar surface area (TPSA) is 100 Å². The zero-order valence-corrected chi connectivity index (χ0v) is 13.5. The summed E-state index contributed by atoms with van der Waals surface area (Å²) in [5.74, 6) is -2.16. The molecule has 24 heavy (non-hydrogen) atoms. The molecule has 124 valence electrons. The summed E-state index contributed by atoms with van der Waals surface area (Å²) in [5.41, 5.74) is 7.12. The zero-order valence-electron chi connectivity index (χ0n) is 13.5. The normalized spacial score (nSPS) is 13.4. The third-order valence-corrected chi connectivity index (χ3v) is 3.81. The van der Waals surface area contributed by atoms with E-state index < -0.39 is 17.7 Å². The van der Waals surface area contributed by atoms with E-state index in [9.17, 15) is 14.4 Å². The number of nitrogens with one attached hydrogen (secondary N) is 3. The summed E-state index contributed by atoms with van der Waals surface area (Å²) in [5, 5.41) is 3.38. The van der Waals surface area contributed by atoms with Gasteiger partial charge in [0.05, 0.1) is 16.8 Å². The van der Waals surface area contributed by atoms with Crippen molar-refractivity contribution in [2.45, 2.75) is 32.7 Å². The minimum atomic E-state index is -0.891. The van der Waals surface area contributed by atoms with E-state index in [-0.39, 0.29) is 6.04 Å². The van der Waals surface area contributed by atoms with Crippen molar-refractivity contribution in [2.75, 3.05) is 0 Å². The van der Waals surface area contributed by atoms with Crippen LogP contribution >= 0.6 is 0 Å². The van der Waals surface area contributed by atoms with E-state index in [4.69, 9.17) is 0 Å². The fourth-order valence-electron chi connectivity index (χ4n) is 2.34. The molecule has 3 N–H and O–H groups in total. The molecule has 0 spiro atoms.